The molecule has 0 radical (unpaired) electrons. The minimum absolute atomic E-state index is 0.198. The minimum Gasteiger partial charge on any atom is -0.771 e. The number of rotatable bonds is 3. The van der Waals surface area contributed by atoms with E-state index in [0.29, 0.717) is 16.7 Å². The summed E-state index contributed by atoms with van der Waals surface area (Å²) >= 11 is -2.34. The maximum absolute atomic E-state index is 11.6. The first kappa shape index (κ1) is 13.0. The van der Waals surface area contributed by atoms with Crippen molar-refractivity contribution in [3.8, 4) is 0 Å². The monoisotopic (exact) mass is 286 g/mol. The fourth-order valence-corrected chi connectivity index (χ4v) is 2.72. The predicted molar refractivity (Wildman–Crippen MR) is 76.0 cm³/mol. The van der Waals surface area contributed by atoms with Gasteiger partial charge in [-0.1, -0.05) is 42.0 Å². The Hall–Kier alpha value is -1.98. The van der Waals surface area contributed by atoms with Crippen LogP contribution in [0.15, 0.2) is 52.9 Å². The van der Waals surface area contributed by atoms with Crippen LogP contribution < -0.4 is 0 Å². The molecule has 0 amide bonds. The van der Waals surface area contributed by atoms with Gasteiger partial charge in [-0.05, 0) is 35.7 Å². The molecule has 2 atom stereocenters. The van der Waals surface area contributed by atoms with Gasteiger partial charge in [-0.25, -0.2) is 4.98 Å². The first-order valence-corrected chi connectivity index (χ1v) is 7.29. The number of hydrogen-bond acceptors (Lipinski definition) is 4. The van der Waals surface area contributed by atoms with Gasteiger partial charge in [0.1, 0.15) is 10.8 Å². The second-order valence-corrected chi connectivity index (χ2v) is 5.56. The van der Waals surface area contributed by atoms with Crippen molar-refractivity contribution in [2.24, 2.45) is 0 Å². The van der Waals surface area contributed by atoms with Gasteiger partial charge in [-0.3, -0.25) is 4.21 Å². The topological polar surface area (TPSA) is 66.2 Å². The Morgan fingerprint density at radius 1 is 1.15 bits per heavy atom. The van der Waals surface area contributed by atoms with E-state index in [2.05, 4.69) is 4.98 Å². The summed E-state index contributed by atoms with van der Waals surface area (Å²) in [6, 6.07) is 14.5. The van der Waals surface area contributed by atoms with E-state index in [9.17, 15) is 8.76 Å². The van der Waals surface area contributed by atoms with Gasteiger partial charge in [0, 0.05) is 0 Å². The van der Waals surface area contributed by atoms with E-state index in [-0.39, 0.29) is 5.89 Å². The average Bonchev–Trinajstić information content (AvgIpc) is 2.84. The summed E-state index contributed by atoms with van der Waals surface area (Å²) in [7, 11) is 0. The van der Waals surface area contributed by atoms with E-state index in [0.717, 1.165) is 5.56 Å². The number of para-hydroxylation sites is 2. The summed E-state index contributed by atoms with van der Waals surface area (Å²) in [5, 5.41) is -0.886. The van der Waals surface area contributed by atoms with E-state index in [4.69, 9.17) is 4.42 Å². The second kappa shape index (κ2) is 5.19. The molecule has 2 unspecified atom stereocenters. The lowest BCUT2D eigenvalue weighted by molar-refractivity contribution is 0.497. The molecule has 0 aliphatic heterocycles. The van der Waals surface area contributed by atoms with Crippen LogP contribution in [-0.4, -0.2) is 13.7 Å². The van der Waals surface area contributed by atoms with Gasteiger partial charge < -0.3 is 8.97 Å². The molecule has 20 heavy (non-hydrogen) atoms. The Kier molecular flexibility index (Phi) is 3.38. The molecule has 3 aromatic rings. The highest BCUT2D eigenvalue weighted by Crippen LogP contribution is 2.29. The molecule has 0 fully saturated rings. The zero-order valence-corrected chi connectivity index (χ0v) is 11.6. The number of nitrogens with zero attached hydrogens (tertiary/aromatic N) is 1. The van der Waals surface area contributed by atoms with Crippen LogP contribution in [0, 0.1) is 6.92 Å². The first-order chi connectivity index (χ1) is 9.65. The fraction of sp³-hybridized carbons (Fsp3) is 0.133. The lowest BCUT2D eigenvalue weighted by Gasteiger charge is -2.16. The van der Waals surface area contributed by atoms with E-state index in [1.165, 1.54) is 0 Å². The highest BCUT2D eigenvalue weighted by atomic mass is 32.2. The molecular formula is C15H12NO3S-. The molecule has 1 aromatic heterocycles. The van der Waals surface area contributed by atoms with Crippen LogP contribution in [0.25, 0.3) is 11.1 Å². The smallest absolute Gasteiger partial charge is 0.214 e. The molecule has 4 nitrogen and oxygen atoms in total. The third kappa shape index (κ3) is 2.37. The van der Waals surface area contributed by atoms with Crippen molar-refractivity contribution in [1.29, 1.82) is 0 Å². The molecule has 3 rings (SSSR count). The molecule has 0 spiro atoms. The molecule has 1 heterocycles. The van der Waals surface area contributed by atoms with Crippen molar-refractivity contribution in [3.63, 3.8) is 0 Å². The van der Waals surface area contributed by atoms with Gasteiger partial charge in [0.25, 0.3) is 0 Å². The molecule has 2 aromatic carbocycles. The molecule has 0 saturated heterocycles. The zero-order chi connectivity index (χ0) is 14.1. The van der Waals surface area contributed by atoms with Crippen LogP contribution in [0.2, 0.25) is 0 Å². The van der Waals surface area contributed by atoms with E-state index >= 15 is 0 Å². The Labute approximate surface area is 118 Å². The van der Waals surface area contributed by atoms with Gasteiger partial charge in [0.05, 0.1) is 0 Å². The molecule has 0 bridgehead atoms. The van der Waals surface area contributed by atoms with Crippen molar-refractivity contribution < 1.29 is 13.2 Å². The summed E-state index contributed by atoms with van der Waals surface area (Å²) in [5.74, 6) is 0.198. The number of fused-ring (bicyclic) bond motifs is 1. The van der Waals surface area contributed by atoms with Crippen LogP contribution in [0.3, 0.4) is 0 Å². The quantitative estimate of drug-likeness (QED) is 0.694. The number of oxazole rings is 1. The molecular weight excluding hydrogens is 274 g/mol. The Morgan fingerprint density at radius 2 is 1.85 bits per heavy atom. The number of aromatic nitrogens is 1. The van der Waals surface area contributed by atoms with E-state index in [1.807, 2.05) is 31.2 Å². The van der Waals surface area contributed by atoms with Crippen molar-refractivity contribution in [2.45, 2.75) is 12.2 Å². The fourth-order valence-electron chi connectivity index (χ4n) is 2.08. The Bertz CT molecular complexity index is 731. The minimum atomic E-state index is -2.34. The van der Waals surface area contributed by atoms with Crippen LogP contribution in [0.4, 0.5) is 0 Å². The highest BCUT2D eigenvalue weighted by molar-refractivity contribution is 7.79. The summed E-state index contributed by atoms with van der Waals surface area (Å²) < 4.78 is 28.7. The van der Waals surface area contributed by atoms with E-state index < -0.39 is 16.3 Å². The number of aryl methyl sites for hydroxylation is 1. The van der Waals surface area contributed by atoms with Gasteiger partial charge in [0.2, 0.25) is 5.89 Å². The zero-order valence-electron chi connectivity index (χ0n) is 10.8. The van der Waals surface area contributed by atoms with Crippen LogP contribution in [-0.2, 0) is 11.1 Å². The normalized spacial score (nSPS) is 14.3. The van der Waals surface area contributed by atoms with Gasteiger partial charge in [-0.2, -0.15) is 0 Å². The second-order valence-electron chi connectivity index (χ2n) is 4.57. The molecule has 0 aliphatic carbocycles. The van der Waals surface area contributed by atoms with Crippen LogP contribution in [0.5, 0.6) is 0 Å². The average molecular weight is 286 g/mol. The van der Waals surface area contributed by atoms with E-state index in [1.54, 1.807) is 24.3 Å². The lowest BCUT2D eigenvalue weighted by atomic mass is 10.1. The van der Waals surface area contributed by atoms with Crippen LogP contribution in [0.1, 0.15) is 22.3 Å². The molecule has 102 valence electrons. The highest BCUT2D eigenvalue weighted by Gasteiger charge is 2.21. The first-order valence-electron chi connectivity index (χ1n) is 6.15. The van der Waals surface area contributed by atoms with Crippen LogP contribution >= 0.6 is 0 Å². The summed E-state index contributed by atoms with van der Waals surface area (Å²) in [6.07, 6.45) is 0. The molecule has 0 aliphatic rings. The van der Waals surface area contributed by atoms with Gasteiger partial charge in [-0.15, -0.1) is 0 Å². The van der Waals surface area contributed by atoms with Crippen molar-refractivity contribution in [2.75, 3.05) is 0 Å². The maximum Gasteiger partial charge on any atom is 0.214 e. The van der Waals surface area contributed by atoms with Crippen molar-refractivity contribution in [3.05, 3.63) is 65.5 Å². The standard InChI is InChI=1S/C15H13NO3S/c1-10-6-8-11(9-7-10)14(20(17)18)15-16-12-4-2-3-5-13(12)19-15/h2-9,14H,1H3,(H,17,18)/p-1. The van der Waals surface area contributed by atoms with Crippen molar-refractivity contribution in [1.82, 2.24) is 4.98 Å². The molecule has 0 saturated carbocycles. The largest absolute Gasteiger partial charge is 0.771 e. The maximum atomic E-state index is 11.6. The predicted octanol–water partition coefficient (Wildman–Crippen LogP) is 3.10. The summed E-state index contributed by atoms with van der Waals surface area (Å²) in [6.45, 7) is 1.95. The number of hydrogen-bond donors (Lipinski definition) is 0. The summed E-state index contributed by atoms with van der Waals surface area (Å²) in [5.41, 5.74) is 2.97. The third-order valence-electron chi connectivity index (χ3n) is 3.11. The third-order valence-corrected chi connectivity index (χ3v) is 3.97. The van der Waals surface area contributed by atoms with Gasteiger partial charge >= 0.3 is 0 Å². The summed E-state index contributed by atoms with van der Waals surface area (Å²) in [4.78, 5) is 4.27. The molecule has 0 N–H and O–H groups in total. The Balaban J connectivity index is 2.10. The lowest BCUT2D eigenvalue weighted by Crippen LogP contribution is -2.08. The number of benzene rings is 2. The molecule has 5 heteroatoms. The Morgan fingerprint density at radius 3 is 2.50 bits per heavy atom. The van der Waals surface area contributed by atoms with Gasteiger partial charge in [0.15, 0.2) is 5.58 Å². The van der Waals surface area contributed by atoms with Crippen molar-refractivity contribution >= 4 is 22.2 Å². The SMILES string of the molecule is Cc1ccc(C(c2nc3ccccc3o2)S(=O)[O-])cc1.